The second-order valence-electron chi connectivity index (χ2n) is 7.12. The lowest BCUT2D eigenvalue weighted by molar-refractivity contribution is -0.117. The van der Waals surface area contributed by atoms with Gasteiger partial charge >= 0.3 is 0 Å². The molecule has 2 heterocycles. The second-order valence-corrected chi connectivity index (χ2v) is 7.12. The van der Waals surface area contributed by atoms with Crippen LogP contribution in [0.25, 0.3) is 0 Å². The second kappa shape index (κ2) is 10.6. The van der Waals surface area contributed by atoms with Crippen LogP contribution in [0.15, 0.2) is 52.1 Å². The van der Waals surface area contributed by atoms with Crippen LogP contribution < -0.4 is 15.5 Å². The van der Waals surface area contributed by atoms with Crippen molar-refractivity contribution in [2.75, 3.05) is 24.5 Å². The topological polar surface area (TPSA) is 90.1 Å². The molecule has 3 rings (SSSR count). The van der Waals surface area contributed by atoms with Crippen molar-refractivity contribution in [1.29, 1.82) is 0 Å². The summed E-state index contributed by atoms with van der Waals surface area (Å²) in [4.78, 5) is 18.3. The molecule has 1 saturated heterocycles. The minimum absolute atomic E-state index is 0. The highest BCUT2D eigenvalue weighted by atomic mass is 127. The lowest BCUT2D eigenvalue weighted by Gasteiger charge is -2.22. The number of nitrogens with zero attached hydrogens (tertiary/aromatic N) is 2. The zero-order valence-corrected chi connectivity index (χ0v) is 19.2. The predicted octanol–water partition coefficient (Wildman–Crippen LogP) is 2.99. The first-order valence-corrected chi connectivity index (χ1v) is 9.67. The molecule has 2 aromatic rings. The van der Waals surface area contributed by atoms with Crippen molar-refractivity contribution in [3.8, 4) is 0 Å². The van der Waals surface area contributed by atoms with E-state index in [0.717, 1.165) is 24.2 Å². The third-order valence-electron chi connectivity index (χ3n) is 4.74. The Hall–Kier alpha value is -2.07. The number of amides is 1. The van der Waals surface area contributed by atoms with Gasteiger partial charge in [0.1, 0.15) is 11.4 Å². The van der Waals surface area contributed by atoms with Gasteiger partial charge in [-0.1, -0.05) is 12.1 Å². The summed E-state index contributed by atoms with van der Waals surface area (Å²) < 4.78 is 5.30. The van der Waals surface area contributed by atoms with Crippen LogP contribution in [0.1, 0.15) is 38.0 Å². The van der Waals surface area contributed by atoms with Gasteiger partial charge in [0.15, 0.2) is 5.96 Å². The largest absolute Gasteiger partial charge is 0.466 e. The number of rotatable bonds is 7. The SMILES string of the molecule is CCNC(=NCc1ccc(N2CCCC2=O)cc1)NCC(C)(O)c1ccco1.I. The van der Waals surface area contributed by atoms with Crippen LogP contribution in [0.3, 0.4) is 0 Å². The Morgan fingerprint density at radius 3 is 2.62 bits per heavy atom. The minimum atomic E-state index is -1.14. The standard InChI is InChI=1S/C21H28N4O3.HI/c1-3-22-20(24-15-21(2,27)18-6-5-13-28-18)23-14-16-8-10-17(11-9-16)25-12-4-7-19(25)26;/h5-6,8-11,13,27H,3-4,7,12,14-15H2,1-2H3,(H2,22,23,24);1H. The van der Waals surface area contributed by atoms with Crippen LogP contribution in [0, 0.1) is 0 Å². The van der Waals surface area contributed by atoms with Gasteiger partial charge in [0, 0.05) is 25.2 Å². The Balaban J connectivity index is 0.00000300. The highest BCUT2D eigenvalue weighted by Gasteiger charge is 2.26. The summed E-state index contributed by atoms with van der Waals surface area (Å²) in [5.74, 6) is 1.31. The molecule has 7 nitrogen and oxygen atoms in total. The first kappa shape index (κ1) is 23.2. The molecule has 0 bridgehead atoms. The molecule has 1 aliphatic rings. The fourth-order valence-electron chi connectivity index (χ4n) is 3.14. The molecule has 0 spiro atoms. The summed E-state index contributed by atoms with van der Waals surface area (Å²) >= 11 is 0. The van der Waals surface area contributed by atoms with E-state index in [1.165, 1.54) is 0 Å². The van der Waals surface area contributed by atoms with Crippen molar-refractivity contribution in [3.63, 3.8) is 0 Å². The average molecular weight is 512 g/mol. The molecular weight excluding hydrogens is 483 g/mol. The van der Waals surface area contributed by atoms with Crippen LogP contribution in [0.4, 0.5) is 5.69 Å². The molecule has 158 valence electrons. The molecule has 1 unspecified atom stereocenters. The summed E-state index contributed by atoms with van der Waals surface area (Å²) in [5, 5.41) is 16.9. The van der Waals surface area contributed by atoms with Gasteiger partial charge in [0.05, 0.1) is 19.4 Å². The number of aliphatic hydroxyl groups is 1. The number of guanidine groups is 1. The van der Waals surface area contributed by atoms with Gasteiger partial charge in [-0.3, -0.25) is 4.79 Å². The summed E-state index contributed by atoms with van der Waals surface area (Å²) in [6.45, 7) is 5.95. The quantitative estimate of drug-likeness (QED) is 0.302. The number of anilines is 1. The molecule has 1 atom stereocenters. The fourth-order valence-corrected chi connectivity index (χ4v) is 3.14. The Kier molecular flexibility index (Phi) is 8.51. The number of hydrogen-bond donors (Lipinski definition) is 3. The molecule has 0 aliphatic carbocycles. The molecule has 1 aromatic heterocycles. The van der Waals surface area contributed by atoms with Crippen molar-refractivity contribution in [3.05, 3.63) is 54.0 Å². The van der Waals surface area contributed by atoms with Crippen LogP contribution in [0.5, 0.6) is 0 Å². The first-order chi connectivity index (χ1) is 13.5. The number of benzene rings is 1. The van der Waals surface area contributed by atoms with E-state index >= 15 is 0 Å². The Labute approximate surface area is 188 Å². The molecule has 8 heteroatoms. The van der Waals surface area contributed by atoms with Crippen LogP contribution in [-0.2, 0) is 16.9 Å². The Morgan fingerprint density at radius 2 is 2.03 bits per heavy atom. The van der Waals surface area contributed by atoms with Gasteiger partial charge in [0.2, 0.25) is 5.91 Å². The lowest BCUT2D eigenvalue weighted by Crippen LogP contribution is -2.44. The highest BCUT2D eigenvalue weighted by molar-refractivity contribution is 14.0. The maximum atomic E-state index is 11.8. The van der Waals surface area contributed by atoms with Gasteiger partial charge in [-0.15, -0.1) is 24.0 Å². The van der Waals surface area contributed by atoms with Crippen molar-refractivity contribution in [2.45, 2.75) is 38.8 Å². The molecule has 1 fully saturated rings. The molecule has 1 aromatic carbocycles. The summed E-state index contributed by atoms with van der Waals surface area (Å²) in [7, 11) is 0. The van der Waals surface area contributed by atoms with E-state index in [0.29, 0.717) is 31.2 Å². The molecule has 1 amide bonds. The van der Waals surface area contributed by atoms with Gasteiger partial charge in [0.25, 0.3) is 0 Å². The van der Waals surface area contributed by atoms with E-state index in [4.69, 9.17) is 4.42 Å². The lowest BCUT2D eigenvalue weighted by atomic mass is 10.0. The van der Waals surface area contributed by atoms with Crippen LogP contribution in [0.2, 0.25) is 0 Å². The van der Waals surface area contributed by atoms with Gasteiger partial charge in [-0.2, -0.15) is 0 Å². The summed E-state index contributed by atoms with van der Waals surface area (Å²) in [5.41, 5.74) is 0.851. The van der Waals surface area contributed by atoms with E-state index in [2.05, 4.69) is 15.6 Å². The monoisotopic (exact) mass is 512 g/mol. The maximum absolute atomic E-state index is 11.8. The predicted molar refractivity (Wildman–Crippen MR) is 125 cm³/mol. The molecule has 0 saturated carbocycles. The van der Waals surface area contributed by atoms with E-state index < -0.39 is 5.60 Å². The number of hydrogen-bond acceptors (Lipinski definition) is 4. The van der Waals surface area contributed by atoms with E-state index in [1.54, 1.807) is 25.3 Å². The van der Waals surface area contributed by atoms with E-state index in [1.807, 2.05) is 36.1 Å². The number of aliphatic imine (C=N–C) groups is 1. The van der Waals surface area contributed by atoms with Crippen LogP contribution >= 0.6 is 24.0 Å². The molecule has 29 heavy (non-hydrogen) atoms. The van der Waals surface area contributed by atoms with Crippen LogP contribution in [-0.4, -0.2) is 36.6 Å². The smallest absolute Gasteiger partial charge is 0.227 e. The number of furan rings is 1. The number of carbonyl (C=O) groups excluding carboxylic acids is 1. The Morgan fingerprint density at radius 1 is 1.28 bits per heavy atom. The molecular formula is C21H29IN4O3. The number of halogens is 1. The molecule has 0 radical (unpaired) electrons. The third-order valence-corrected chi connectivity index (χ3v) is 4.74. The van der Waals surface area contributed by atoms with E-state index in [-0.39, 0.29) is 36.4 Å². The summed E-state index contributed by atoms with van der Waals surface area (Å²) in [6.07, 6.45) is 3.10. The van der Waals surface area contributed by atoms with Crippen molar-refractivity contribution >= 4 is 41.5 Å². The zero-order chi connectivity index (χ0) is 20.0. The normalized spacial score (nSPS) is 16.3. The van der Waals surface area contributed by atoms with E-state index in [9.17, 15) is 9.90 Å². The van der Waals surface area contributed by atoms with Gasteiger partial charge < -0.3 is 25.1 Å². The fraction of sp³-hybridized carbons (Fsp3) is 0.429. The zero-order valence-electron chi connectivity index (χ0n) is 16.9. The summed E-state index contributed by atoms with van der Waals surface area (Å²) in [6, 6.07) is 11.4. The molecule has 3 N–H and O–H groups in total. The van der Waals surface area contributed by atoms with Crippen molar-refractivity contribution in [1.82, 2.24) is 10.6 Å². The number of nitrogens with one attached hydrogen (secondary N) is 2. The number of carbonyl (C=O) groups is 1. The minimum Gasteiger partial charge on any atom is -0.466 e. The van der Waals surface area contributed by atoms with Gasteiger partial charge in [-0.25, -0.2) is 4.99 Å². The van der Waals surface area contributed by atoms with Crippen molar-refractivity contribution in [2.24, 2.45) is 4.99 Å². The third kappa shape index (κ3) is 6.20. The van der Waals surface area contributed by atoms with Gasteiger partial charge in [-0.05, 0) is 50.1 Å². The molecule has 1 aliphatic heterocycles. The highest BCUT2D eigenvalue weighted by Crippen LogP contribution is 2.22. The average Bonchev–Trinajstić information content (AvgIpc) is 3.37. The Bertz CT molecular complexity index is 804. The maximum Gasteiger partial charge on any atom is 0.227 e. The van der Waals surface area contributed by atoms with Crippen molar-refractivity contribution < 1.29 is 14.3 Å². The first-order valence-electron chi connectivity index (χ1n) is 9.67.